The zero-order valence-electron chi connectivity index (χ0n) is 12.3. The first-order valence-electron chi connectivity index (χ1n) is 7.82. The van der Waals surface area contributed by atoms with Gasteiger partial charge in [0.05, 0.1) is 5.92 Å². The van der Waals surface area contributed by atoms with Gasteiger partial charge in [-0.15, -0.1) is 0 Å². The summed E-state index contributed by atoms with van der Waals surface area (Å²) in [6.07, 6.45) is 8.03. The maximum Gasteiger partial charge on any atom is 0.315 e. The van der Waals surface area contributed by atoms with E-state index in [0.29, 0.717) is 12.8 Å². The highest BCUT2D eigenvalue weighted by molar-refractivity contribution is 5.75. The van der Waals surface area contributed by atoms with E-state index < -0.39 is 5.97 Å². The van der Waals surface area contributed by atoms with Crippen LogP contribution < -0.4 is 10.6 Å². The van der Waals surface area contributed by atoms with E-state index in [2.05, 4.69) is 17.6 Å². The van der Waals surface area contributed by atoms with E-state index in [0.717, 1.165) is 19.4 Å². The fourth-order valence-electron chi connectivity index (χ4n) is 3.62. The van der Waals surface area contributed by atoms with Crippen molar-refractivity contribution in [3.8, 4) is 0 Å². The van der Waals surface area contributed by atoms with Crippen molar-refractivity contribution in [2.24, 2.45) is 11.3 Å². The molecule has 2 aliphatic carbocycles. The Morgan fingerprint density at radius 3 is 2.50 bits per heavy atom. The van der Waals surface area contributed by atoms with Gasteiger partial charge in [-0.05, 0) is 43.9 Å². The Kier molecular flexibility index (Phi) is 4.89. The molecule has 2 atom stereocenters. The quantitative estimate of drug-likeness (QED) is 0.725. The molecule has 0 aromatic carbocycles. The van der Waals surface area contributed by atoms with Crippen LogP contribution >= 0.6 is 0 Å². The number of carbonyl (C=O) groups is 2. The van der Waals surface area contributed by atoms with Gasteiger partial charge in [-0.2, -0.15) is 0 Å². The summed E-state index contributed by atoms with van der Waals surface area (Å²) in [6.45, 7) is 2.93. The fourth-order valence-corrected chi connectivity index (χ4v) is 3.62. The Morgan fingerprint density at radius 1 is 1.25 bits per heavy atom. The normalized spacial score (nSPS) is 28.2. The zero-order valence-corrected chi connectivity index (χ0v) is 12.3. The average molecular weight is 282 g/mol. The van der Waals surface area contributed by atoms with Crippen LogP contribution in [-0.2, 0) is 4.79 Å². The van der Waals surface area contributed by atoms with E-state index in [1.54, 1.807) is 0 Å². The summed E-state index contributed by atoms with van der Waals surface area (Å²) in [6, 6.07) is -0.127. The van der Waals surface area contributed by atoms with Crippen LogP contribution in [0.4, 0.5) is 4.79 Å². The van der Waals surface area contributed by atoms with Gasteiger partial charge >= 0.3 is 12.0 Å². The van der Waals surface area contributed by atoms with Crippen molar-refractivity contribution in [3.05, 3.63) is 0 Å². The van der Waals surface area contributed by atoms with Gasteiger partial charge in [0.15, 0.2) is 0 Å². The van der Waals surface area contributed by atoms with Crippen molar-refractivity contribution < 1.29 is 14.7 Å². The standard InChI is InChI=1S/C15H26N2O3/c1-2-15(7-3-4-8-15)10-16-14(20)17-12-6-5-11(9-12)13(18)19/h11-12H,2-10H2,1H3,(H,18,19)(H2,16,17,20). The number of carboxylic acid groups (broad SMARTS) is 1. The van der Waals surface area contributed by atoms with Gasteiger partial charge in [0, 0.05) is 12.6 Å². The topological polar surface area (TPSA) is 78.4 Å². The molecular formula is C15H26N2O3. The molecule has 2 saturated carbocycles. The molecule has 20 heavy (non-hydrogen) atoms. The summed E-state index contributed by atoms with van der Waals surface area (Å²) in [4.78, 5) is 22.8. The molecular weight excluding hydrogens is 256 g/mol. The molecule has 0 aromatic heterocycles. The van der Waals surface area contributed by atoms with Gasteiger partial charge in [0.1, 0.15) is 0 Å². The molecule has 0 aromatic rings. The third kappa shape index (κ3) is 3.64. The Labute approximate surface area is 120 Å². The smallest absolute Gasteiger partial charge is 0.315 e. The first-order valence-corrected chi connectivity index (χ1v) is 7.82. The van der Waals surface area contributed by atoms with Gasteiger partial charge in [0.2, 0.25) is 0 Å². The number of hydrogen-bond acceptors (Lipinski definition) is 2. The molecule has 0 radical (unpaired) electrons. The number of aliphatic carboxylic acids is 1. The minimum absolute atomic E-state index is 0.0113. The highest BCUT2D eigenvalue weighted by Crippen LogP contribution is 2.40. The molecule has 2 unspecified atom stereocenters. The molecule has 3 N–H and O–H groups in total. The van der Waals surface area contributed by atoms with Crippen molar-refractivity contribution in [1.82, 2.24) is 10.6 Å². The van der Waals surface area contributed by atoms with E-state index in [4.69, 9.17) is 5.11 Å². The van der Waals surface area contributed by atoms with Crippen LogP contribution in [0, 0.1) is 11.3 Å². The lowest BCUT2D eigenvalue weighted by atomic mass is 9.83. The number of rotatable bonds is 5. The summed E-state index contributed by atoms with van der Waals surface area (Å²) in [7, 11) is 0. The Balaban J connectivity index is 1.72. The molecule has 0 heterocycles. The van der Waals surface area contributed by atoms with Crippen molar-refractivity contribution in [1.29, 1.82) is 0 Å². The third-order valence-electron chi connectivity index (χ3n) is 5.16. The molecule has 114 valence electrons. The maximum absolute atomic E-state index is 11.9. The number of urea groups is 1. The van der Waals surface area contributed by atoms with Gasteiger partial charge in [-0.1, -0.05) is 19.8 Å². The number of carbonyl (C=O) groups excluding carboxylic acids is 1. The maximum atomic E-state index is 11.9. The second-order valence-corrected chi connectivity index (χ2v) is 6.43. The van der Waals surface area contributed by atoms with Gasteiger partial charge in [-0.3, -0.25) is 4.79 Å². The summed E-state index contributed by atoms with van der Waals surface area (Å²) in [5.74, 6) is -1.04. The van der Waals surface area contributed by atoms with Gasteiger partial charge in [-0.25, -0.2) is 4.79 Å². The minimum Gasteiger partial charge on any atom is -0.481 e. The molecule has 2 aliphatic rings. The molecule has 5 nitrogen and oxygen atoms in total. The molecule has 0 spiro atoms. The average Bonchev–Trinajstić information content (AvgIpc) is 3.06. The largest absolute Gasteiger partial charge is 0.481 e. The lowest BCUT2D eigenvalue weighted by Gasteiger charge is -2.28. The van der Waals surface area contributed by atoms with Crippen molar-refractivity contribution in [2.45, 2.75) is 64.3 Å². The monoisotopic (exact) mass is 282 g/mol. The molecule has 0 aliphatic heterocycles. The predicted molar refractivity (Wildman–Crippen MR) is 76.5 cm³/mol. The number of amides is 2. The fraction of sp³-hybridized carbons (Fsp3) is 0.867. The second-order valence-electron chi connectivity index (χ2n) is 6.43. The van der Waals surface area contributed by atoms with E-state index in [1.165, 1.54) is 25.7 Å². The van der Waals surface area contributed by atoms with Crippen molar-refractivity contribution >= 4 is 12.0 Å². The van der Waals surface area contributed by atoms with E-state index in [1.807, 2.05) is 0 Å². The Bertz CT molecular complexity index is 364. The molecule has 0 bridgehead atoms. The van der Waals surface area contributed by atoms with Gasteiger partial charge < -0.3 is 15.7 Å². The van der Waals surface area contributed by atoms with E-state index in [-0.39, 0.29) is 23.4 Å². The lowest BCUT2D eigenvalue weighted by molar-refractivity contribution is -0.141. The number of nitrogens with one attached hydrogen (secondary N) is 2. The molecule has 2 rings (SSSR count). The second kappa shape index (κ2) is 6.46. The summed E-state index contributed by atoms with van der Waals surface area (Å²) in [5, 5.41) is 14.9. The van der Waals surface area contributed by atoms with Crippen LogP contribution in [-0.4, -0.2) is 29.7 Å². The first kappa shape index (κ1) is 15.1. The summed E-state index contributed by atoms with van der Waals surface area (Å²) < 4.78 is 0. The third-order valence-corrected chi connectivity index (χ3v) is 5.16. The predicted octanol–water partition coefficient (Wildman–Crippen LogP) is 2.51. The Morgan fingerprint density at radius 2 is 1.95 bits per heavy atom. The van der Waals surface area contributed by atoms with Crippen LogP contribution in [0.3, 0.4) is 0 Å². The zero-order chi connectivity index (χ0) is 14.6. The molecule has 2 amide bonds. The Hall–Kier alpha value is -1.26. The SMILES string of the molecule is CCC1(CNC(=O)NC2CCC(C(=O)O)C2)CCCC1. The molecule has 0 saturated heterocycles. The summed E-state index contributed by atoms with van der Waals surface area (Å²) >= 11 is 0. The van der Waals surface area contributed by atoms with Crippen LogP contribution in [0.2, 0.25) is 0 Å². The number of hydrogen-bond donors (Lipinski definition) is 3. The van der Waals surface area contributed by atoms with Crippen LogP contribution in [0.25, 0.3) is 0 Å². The van der Waals surface area contributed by atoms with Crippen molar-refractivity contribution in [3.63, 3.8) is 0 Å². The van der Waals surface area contributed by atoms with E-state index in [9.17, 15) is 9.59 Å². The van der Waals surface area contributed by atoms with Crippen LogP contribution in [0.1, 0.15) is 58.3 Å². The highest BCUT2D eigenvalue weighted by Gasteiger charge is 2.33. The minimum atomic E-state index is -0.745. The molecule has 5 heteroatoms. The van der Waals surface area contributed by atoms with E-state index >= 15 is 0 Å². The van der Waals surface area contributed by atoms with Crippen LogP contribution in [0.15, 0.2) is 0 Å². The first-order chi connectivity index (χ1) is 9.54. The number of carboxylic acids is 1. The van der Waals surface area contributed by atoms with Gasteiger partial charge in [0.25, 0.3) is 0 Å². The summed E-state index contributed by atoms with van der Waals surface area (Å²) in [5.41, 5.74) is 0.288. The van der Waals surface area contributed by atoms with Crippen LogP contribution in [0.5, 0.6) is 0 Å². The molecule has 2 fully saturated rings. The lowest BCUT2D eigenvalue weighted by Crippen LogP contribution is -2.45. The van der Waals surface area contributed by atoms with Crippen molar-refractivity contribution in [2.75, 3.05) is 6.54 Å². The highest BCUT2D eigenvalue weighted by atomic mass is 16.4.